The highest BCUT2D eigenvalue weighted by Crippen LogP contribution is 2.35. The number of halogens is 1. The summed E-state index contributed by atoms with van der Waals surface area (Å²) in [5.41, 5.74) is 0.280. The minimum atomic E-state index is -0.866. The first-order chi connectivity index (χ1) is 18.3. The number of aliphatic imine (C=N–C) groups is 1. The highest BCUT2D eigenvalue weighted by molar-refractivity contribution is 6.30. The molecule has 0 fully saturated rings. The molecule has 1 amide bonds. The molecule has 5 rings (SSSR count). The van der Waals surface area contributed by atoms with Crippen molar-refractivity contribution in [1.29, 1.82) is 5.26 Å². The average Bonchev–Trinajstić information content (AvgIpc) is 3.26. The Morgan fingerprint density at radius 1 is 1.03 bits per heavy atom. The number of carbonyl (C=O) groups excluding carboxylic acids is 1. The van der Waals surface area contributed by atoms with Crippen LogP contribution < -0.4 is 16.6 Å². The molecule has 1 aliphatic rings. The highest BCUT2D eigenvalue weighted by Gasteiger charge is 2.31. The Labute approximate surface area is 220 Å². The number of aromatic hydroxyl groups is 1. The van der Waals surface area contributed by atoms with E-state index in [1.54, 1.807) is 72.8 Å². The number of amides is 1. The first-order valence-electron chi connectivity index (χ1n) is 11.3. The first-order valence-corrected chi connectivity index (χ1v) is 11.7. The molecule has 1 aliphatic heterocycles. The minimum Gasteiger partial charge on any atom is -0.493 e. The maximum atomic E-state index is 13.1. The molecule has 0 saturated heterocycles. The van der Waals surface area contributed by atoms with Crippen molar-refractivity contribution >= 4 is 34.6 Å². The van der Waals surface area contributed by atoms with Gasteiger partial charge in [-0.05, 0) is 43.3 Å². The van der Waals surface area contributed by atoms with Gasteiger partial charge in [-0.3, -0.25) is 14.6 Å². The number of nitrogens with one attached hydrogen (secondary N) is 2. The first kappa shape index (κ1) is 24.5. The number of H-pyrrole nitrogens is 1. The number of hydrogen-bond acceptors (Lipinski definition) is 6. The fourth-order valence-corrected chi connectivity index (χ4v) is 4.25. The van der Waals surface area contributed by atoms with Crippen molar-refractivity contribution in [2.45, 2.75) is 6.92 Å². The van der Waals surface area contributed by atoms with Crippen molar-refractivity contribution in [3.05, 3.63) is 126 Å². The summed E-state index contributed by atoms with van der Waals surface area (Å²) in [6.45, 7) is 1.87. The number of rotatable bonds is 4. The number of aromatic nitrogens is 2. The molecule has 0 radical (unpaired) electrons. The van der Waals surface area contributed by atoms with Gasteiger partial charge in [0, 0.05) is 21.8 Å². The number of anilines is 1. The second-order valence-electron chi connectivity index (χ2n) is 8.43. The molecule has 0 atom stereocenters. The van der Waals surface area contributed by atoms with Gasteiger partial charge in [-0.2, -0.15) is 5.26 Å². The average molecular weight is 524 g/mol. The number of aryl methyl sites for hydroxylation is 1. The van der Waals surface area contributed by atoms with Crippen LogP contribution in [0.1, 0.15) is 22.3 Å². The van der Waals surface area contributed by atoms with E-state index in [1.165, 1.54) is 0 Å². The number of benzene rings is 3. The molecule has 0 spiro atoms. The van der Waals surface area contributed by atoms with E-state index in [2.05, 4.69) is 15.3 Å². The maximum absolute atomic E-state index is 13.1. The quantitative estimate of drug-likeness (QED) is 0.275. The Bertz CT molecular complexity index is 1830. The van der Waals surface area contributed by atoms with Gasteiger partial charge in [-0.15, -0.1) is 0 Å². The van der Waals surface area contributed by atoms with Crippen molar-refractivity contribution in [3.8, 4) is 17.6 Å². The molecule has 9 nitrogen and oxygen atoms in total. The summed E-state index contributed by atoms with van der Waals surface area (Å²) in [5.74, 6) is -1.34. The molecular formula is C28H18ClN5O4. The lowest BCUT2D eigenvalue weighted by atomic mass is 9.99. The van der Waals surface area contributed by atoms with Gasteiger partial charge in [-0.1, -0.05) is 53.6 Å². The van der Waals surface area contributed by atoms with Crippen LogP contribution in [-0.2, 0) is 4.79 Å². The molecule has 3 aromatic carbocycles. The molecule has 4 aromatic rings. The summed E-state index contributed by atoms with van der Waals surface area (Å²) >= 11 is 5.90. The number of fused-ring (bicyclic) bond motifs is 1. The van der Waals surface area contributed by atoms with Crippen LogP contribution in [0.3, 0.4) is 0 Å². The Morgan fingerprint density at radius 2 is 1.68 bits per heavy atom. The maximum Gasteiger partial charge on any atom is 0.335 e. The molecule has 38 heavy (non-hydrogen) atoms. The smallest absolute Gasteiger partial charge is 0.335 e. The lowest BCUT2D eigenvalue weighted by molar-refractivity contribution is -0.112. The van der Waals surface area contributed by atoms with Gasteiger partial charge in [0.1, 0.15) is 17.2 Å². The van der Waals surface area contributed by atoms with Crippen LogP contribution in [0.2, 0.25) is 5.02 Å². The van der Waals surface area contributed by atoms with E-state index in [9.17, 15) is 24.8 Å². The monoisotopic (exact) mass is 523 g/mol. The molecule has 0 aliphatic carbocycles. The summed E-state index contributed by atoms with van der Waals surface area (Å²) < 4.78 is 0.960. The van der Waals surface area contributed by atoms with Crippen molar-refractivity contribution in [2.75, 3.05) is 5.32 Å². The topological polar surface area (TPSA) is 140 Å². The molecule has 1 aromatic heterocycles. The van der Waals surface area contributed by atoms with Crippen LogP contribution in [0.25, 0.3) is 11.4 Å². The zero-order valence-electron chi connectivity index (χ0n) is 19.8. The van der Waals surface area contributed by atoms with Crippen molar-refractivity contribution in [1.82, 2.24) is 9.55 Å². The van der Waals surface area contributed by atoms with E-state index in [0.717, 1.165) is 10.1 Å². The predicted octanol–water partition coefficient (Wildman–Crippen LogP) is 3.92. The van der Waals surface area contributed by atoms with Crippen LogP contribution in [0, 0.1) is 18.3 Å². The van der Waals surface area contributed by atoms with Gasteiger partial charge in [0.15, 0.2) is 0 Å². The number of nitriles is 1. The Kier molecular flexibility index (Phi) is 6.24. The third-order valence-corrected chi connectivity index (χ3v) is 6.21. The molecule has 186 valence electrons. The Hall–Kier alpha value is -5.20. The zero-order valence-corrected chi connectivity index (χ0v) is 20.6. The summed E-state index contributed by atoms with van der Waals surface area (Å²) in [5, 5.41) is 24.2. The SMILES string of the molecule is Cc1ccc(-n2c(O)c(C3=N/C(=C(\C#N)C(=O)Nc4ccc(Cl)cc4)c4ccccc43)c(=O)[nH]c2=O)cc1. The predicted molar refractivity (Wildman–Crippen MR) is 144 cm³/mol. The van der Waals surface area contributed by atoms with Crippen LogP contribution in [-0.4, -0.2) is 26.3 Å². The Morgan fingerprint density at radius 3 is 2.34 bits per heavy atom. The summed E-state index contributed by atoms with van der Waals surface area (Å²) in [4.78, 5) is 45.4. The van der Waals surface area contributed by atoms with Gasteiger partial charge >= 0.3 is 5.69 Å². The van der Waals surface area contributed by atoms with Crippen LogP contribution >= 0.6 is 11.6 Å². The standard InChI is InChI=1S/C28H18ClN5O4/c1-15-6-12-18(13-7-15)34-27(37)22(26(36)33-28(34)38)24-20-5-3-2-4-19(20)23(32-24)21(14-30)25(35)31-17-10-8-16(29)9-11-17/h2-13,37H,1H3,(H,31,35)(H,33,36,38)/b23-21+. The number of aromatic amines is 1. The number of hydrogen-bond donors (Lipinski definition) is 3. The van der Waals surface area contributed by atoms with E-state index in [1.807, 2.05) is 13.0 Å². The van der Waals surface area contributed by atoms with E-state index in [-0.39, 0.29) is 22.5 Å². The fourth-order valence-electron chi connectivity index (χ4n) is 4.12. The lowest BCUT2D eigenvalue weighted by Gasteiger charge is -2.12. The molecule has 0 saturated carbocycles. The fraction of sp³-hybridized carbons (Fsp3) is 0.0357. The second-order valence-corrected chi connectivity index (χ2v) is 8.87. The van der Waals surface area contributed by atoms with Gasteiger partial charge in [-0.25, -0.2) is 14.4 Å². The van der Waals surface area contributed by atoms with Gasteiger partial charge in [0.05, 0.1) is 17.1 Å². The molecule has 0 unspecified atom stereocenters. The third kappa shape index (κ3) is 4.30. The third-order valence-electron chi connectivity index (χ3n) is 5.95. The zero-order chi connectivity index (χ0) is 27.0. The summed E-state index contributed by atoms with van der Waals surface area (Å²) in [7, 11) is 0. The number of carbonyl (C=O) groups is 1. The van der Waals surface area contributed by atoms with Gasteiger partial charge < -0.3 is 10.4 Å². The summed E-state index contributed by atoms with van der Waals surface area (Å²) in [6, 6.07) is 21.7. The second kappa shape index (κ2) is 9.69. The molecule has 3 N–H and O–H groups in total. The van der Waals surface area contributed by atoms with E-state index in [0.29, 0.717) is 27.5 Å². The van der Waals surface area contributed by atoms with Crippen LogP contribution in [0.15, 0.2) is 93.0 Å². The normalized spacial score (nSPS) is 13.3. The van der Waals surface area contributed by atoms with Crippen LogP contribution in [0.4, 0.5) is 5.69 Å². The minimum absolute atomic E-state index is 0.0160. The van der Waals surface area contributed by atoms with Crippen molar-refractivity contribution in [3.63, 3.8) is 0 Å². The largest absolute Gasteiger partial charge is 0.493 e. The highest BCUT2D eigenvalue weighted by atomic mass is 35.5. The van der Waals surface area contributed by atoms with E-state index < -0.39 is 23.0 Å². The van der Waals surface area contributed by atoms with Gasteiger partial charge in [0.2, 0.25) is 5.88 Å². The van der Waals surface area contributed by atoms with E-state index in [4.69, 9.17) is 11.6 Å². The molecule has 10 heteroatoms. The molecular weight excluding hydrogens is 506 g/mol. The Balaban J connectivity index is 1.69. The summed E-state index contributed by atoms with van der Waals surface area (Å²) in [6.07, 6.45) is 0. The van der Waals surface area contributed by atoms with E-state index >= 15 is 0 Å². The molecule has 2 heterocycles. The van der Waals surface area contributed by atoms with Crippen molar-refractivity contribution < 1.29 is 9.90 Å². The number of nitrogens with zero attached hydrogens (tertiary/aromatic N) is 3. The van der Waals surface area contributed by atoms with Crippen LogP contribution in [0.5, 0.6) is 5.88 Å². The van der Waals surface area contributed by atoms with Gasteiger partial charge in [0.25, 0.3) is 11.5 Å². The molecule has 0 bridgehead atoms. The lowest BCUT2D eigenvalue weighted by Crippen LogP contribution is -2.33. The van der Waals surface area contributed by atoms with Crippen molar-refractivity contribution in [2.24, 2.45) is 4.99 Å².